The molecule has 5 rings (SSSR count). The number of nitrogens with zero attached hydrogens (tertiary/aromatic N) is 4. The van der Waals surface area contributed by atoms with Crippen LogP contribution in [0.5, 0.6) is 0 Å². The fraction of sp³-hybridized carbons (Fsp3) is 0.250. The number of H-pyrrole nitrogens is 1. The normalized spacial score (nSPS) is 14.4. The standard InChI is InChI=1S/C24H21F3N6O/c25-24(26,27)17-10-18(13-29-12-17)30-23(34)22-20-9-15(4-5-21(20)31-32-22)16-8-19(14-28-11-16)33-6-2-1-3-7-33/h4-5,8-14H,1-3,6-7H2,(H,30,34)(H,31,32). The molecule has 0 spiro atoms. The minimum absolute atomic E-state index is 0.0643. The van der Waals surface area contributed by atoms with Gasteiger partial charge in [-0.2, -0.15) is 18.3 Å². The third-order valence-electron chi connectivity index (χ3n) is 5.88. The van der Waals surface area contributed by atoms with Gasteiger partial charge in [-0.3, -0.25) is 19.9 Å². The van der Waals surface area contributed by atoms with Gasteiger partial charge in [0.25, 0.3) is 5.91 Å². The van der Waals surface area contributed by atoms with E-state index in [0.717, 1.165) is 55.0 Å². The van der Waals surface area contributed by atoms with Gasteiger partial charge in [0.15, 0.2) is 5.69 Å². The third kappa shape index (κ3) is 4.43. The highest BCUT2D eigenvalue weighted by Gasteiger charge is 2.31. The summed E-state index contributed by atoms with van der Waals surface area (Å²) in [5.74, 6) is -0.635. The Hall–Kier alpha value is -3.95. The lowest BCUT2D eigenvalue weighted by atomic mass is 10.0. The number of nitrogens with one attached hydrogen (secondary N) is 2. The van der Waals surface area contributed by atoms with Gasteiger partial charge in [0.1, 0.15) is 0 Å². The van der Waals surface area contributed by atoms with Crippen LogP contribution in [-0.2, 0) is 6.18 Å². The van der Waals surface area contributed by atoms with E-state index in [2.05, 4.69) is 36.4 Å². The van der Waals surface area contributed by atoms with Crippen LogP contribution in [0.25, 0.3) is 22.0 Å². The third-order valence-corrected chi connectivity index (χ3v) is 5.88. The summed E-state index contributed by atoms with van der Waals surface area (Å²) in [6, 6.07) is 8.47. The van der Waals surface area contributed by atoms with Crippen molar-refractivity contribution in [2.24, 2.45) is 0 Å². The fourth-order valence-electron chi connectivity index (χ4n) is 4.13. The molecular weight excluding hydrogens is 445 g/mol. The molecule has 3 aromatic heterocycles. The number of halogens is 3. The van der Waals surface area contributed by atoms with E-state index in [1.807, 2.05) is 24.4 Å². The fourth-order valence-corrected chi connectivity index (χ4v) is 4.13. The van der Waals surface area contributed by atoms with E-state index < -0.39 is 17.6 Å². The van der Waals surface area contributed by atoms with Gasteiger partial charge in [-0.1, -0.05) is 6.07 Å². The van der Waals surface area contributed by atoms with Gasteiger partial charge in [0.2, 0.25) is 0 Å². The van der Waals surface area contributed by atoms with Gasteiger partial charge in [-0.05, 0) is 49.1 Å². The zero-order chi connectivity index (χ0) is 23.7. The first-order valence-corrected chi connectivity index (χ1v) is 10.9. The van der Waals surface area contributed by atoms with Crippen molar-refractivity contribution < 1.29 is 18.0 Å². The van der Waals surface area contributed by atoms with Crippen molar-refractivity contribution in [2.45, 2.75) is 25.4 Å². The van der Waals surface area contributed by atoms with E-state index in [9.17, 15) is 18.0 Å². The monoisotopic (exact) mass is 466 g/mol. The summed E-state index contributed by atoms with van der Waals surface area (Å²) >= 11 is 0. The van der Waals surface area contributed by atoms with Gasteiger partial charge >= 0.3 is 6.18 Å². The Kier molecular flexibility index (Phi) is 5.64. The van der Waals surface area contributed by atoms with E-state index in [-0.39, 0.29) is 11.4 Å². The molecule has 1 fully saturated rings. The first-order valence-electron chi connectivity index (χ1n) is 10.9. The molecule has 0 unspecified atom stereocenters. The van der Waals surface area contributed by atoms with Gasteiger partial charge in [0, 0.05) is 36.4 Å². The topological polar surface area (TPSA) is 86.8 Å². The maximum Gasteiger partial charge on any atom is 0.417 e. The molecule has 4 heterocycles. The molecule has 10 heteroatoms. The predicted octanol–water partition coefficient (Wildman–Crippen LogP) is 5.28. The number of carbonyl (C=O) groups excluding carboxylic acids is 1. The number of hydrogen-bond acceptors (Lipinski definition) is 5. The molecule has 174 valence electrons. The molecule has 7 nitrogen and oxygen atoms in total. The molecule has 0 atom stereocenters. The average Bonchev–Trinajstić information content (AvgIpc) is 3.28. The second-order valence-corrected chi connectivity index (χ2v) is 8.23. The van der Waals surface area contributed by atoms with Crippen LogP contribution in [0.3, 0.4) is 0 Å². The molecule has 1 aromatic carbocycles. The number of fused-ring (bicyclic) bond motifs is 1. The first kappa shape index (κ1) is 21.9. The summed E-state index contributed by atoms with van der Waals surface area (Å²) < 4.78 is 38.9. The highest BCUT2D eigenvalue weighted by molar-refractivity contribution is 6.11. The van der Waals surface area contributed by atoms with Gasteiger partial charge in [-0.15, -0.1) is 0 Å². The van der Waals surface area contributed by atoms with E-state index >= 15 is 0 Å². The second-order valence-electron chi connectivity index (χ2n) is 8.23. The molecule has 0 radical (unpaired) electrons. The van der Waals surface area contributed by atoms with Gasteiger partial charge < -0.3 is 10.2 Å². The highest BCUT2D eigenvalue weighted by atomic mass is 19.4. The number of pyridine rings is 2. The molecular formula is C24H21F3N6O. The molecule has 4 aromatic rings. The molecule has 2 N–H and O–H groups in total. The molecule has 0 saturated carbocycles. The smallest absolute Gasteiger partial charge is 0.370 e. The quantitative estimate of drug-likeness (QED) is 0.427. The summed E-state index contributed by atoms with van der Waals surface area (Å²) in [5, 5.41) is 9.90. The molecule has 1 saturated heterocycles. The minimum Gasteiger partial charge on any atom is -0.370 e. The summed E-state index contributed by atoms with van der Waals surface area (Å²) in [7, 11) is 0. The lowest BCUT2D eigenvalue weighted by Crippen LogP contribution is -2.29. The number of alkyl halides is 3. The average molecular weight is 466 g/mol. The predicted molar refractivity (Wildman–Crippen MR) is 123 cm³/mol. The van der Waals surface area contributed by atoms with Crippen molar-refractivity contribution in [3.63, 3.8) is 0 Å². The number of aromatic amines is 1. The van der Waals surface area contributed by atoms with Crippen molar-refractivity contribution in [2.75, 3.05) is 23.3 Å². The van der Waals surface area contributed by atoms with Crippen molar-refractivity contribution in [1.82, 2.24) is 20.2 Å². The zero-order valence-electron chi connectivity index (χ0n) is 18.1. The van der Waals surface area contributed by atoms with Crippen LogP contribution in [0.1, 0.15) is 35.3 Å². The van der Waals surface area contributed by atoms with E-state index in [0.29, 0.717) is 17.1 Å². The number of aromatic nitrogens is 4. The number of benzene rings is 1. The Morgan fingerprint density at radius 1 is 0.941 bits per heavy atom. The summed E-state index contributed by atoms with van der Waals surface area (Å²) in [4.78, 5) is 23.1. The molecule has 1 amide bonds. The van der Waals surface area contributed by atoms with Crippen molar-refractivity contribution >= 4 is 28.2 Å². The largest absolute Gasteiger partial charge is 0.417 e. The minimum atomic E-state index is -4.56. The van der Waals surface area contributed by atoms with E-state index in [4.69, 9.17) is 0 Å². The highest BCUT2D eigenvalue weighted by Crippen LogP contribution is 2.31. The van der Waals surface area contributed by atoms with Crippen LogP contribution in [0.2, 0.25) is 0 Å². The Bertz CT molecular complexity index is 1340. The van der Waals surface area contributed by atoms with Crippen molar-refractivity contribution in [3.05, 3.63) is 66.4 Å². The summed E-state index contributed by atoms with van der Waals surface area (Å²) in [5.41, 5.74) is 2.52. The molecule has 0 aliphatic carbocycles. The number of piperidine rings is 1. The first-order chi connectivity index (χ1) is 16.4. The Morgan fingerprint density at radius 3 is 2.53 bits per heavy atom. The Labute approximate surface area is 193 Å². The number of carbonyl (C=O) groups is 1. The van der Waals surface area contributed by atoms with E-state index in [1.54, 1.807) is 6.20 Å². The summed E-state index contributed by atoms with van der Waals surface area (Å²) in [6.45, 7) is 2.00. The van der Waals surface area contributed by atoms with Gasteiger partial charge in [-0.25, -0.2) is 0 Å². The van der Waals surface area contributed by atoms with Crippen LogP contribution < -0.4 is 10.2 Å². The zero-order valence-corrected chi connectivity index (χ0v) is 18.1. The molecule has 1 aliphatic rings. The number of anilines is 2. The SMILES string of the molecule is O=C(Nc1cncc(C(F)(F)F)c1)c1n[nH]c2ccc(-c3cncc(N4CCCCC4)c3)cc12. The van der Waals surface area contributed by atoms with E-state index in [1.165, 1.54) is 6.42 Å². The van der Waals surface area contributed by atoms with Gasteiger partial charge in [0.05, 0.1) is 34.8 Å². The lowest BCUT2D eigenvalue weighted by Gasteiger charge is -2.28. The number of amides is 1. The molecule has 1 aliphatic heterocycles. The van der Waals surface area contributed by atoms with Crippen LogP contribution in [0.4, 0.5) is 24.5 Å². The van der Waals surface area contributed by atoms with Crippen LogP contribution in [0.15, 0.2) is 55.1 Å². The number of rotatable bonds is 4. The second kappa shape index (κ2) is 8.77. The van der Waals surface area contributed by atoms with Crippen LogP contribution in [0, 0.1) is 0 Å². The summed E-state index contributed by atoms with van der Waals surface area (Å²) in [6.07, 6.45) is 4.48. The van der Waals surface area contributed by atoms with Crippen molar-refractivity contribution in [3.8, 4) is 11.1 Å². The molecule has 0 bridgehead atoms. The number of hydrogen-bond donors (Lipinski definition) is 2. The maximum atomic E-state index is 13.0. The lowest BCUT2D eigenvalue weighted by molar-refractivity contribution is -0.137. The van der Waals surface area contributed by atoms with Crippen molar-refractivity contribution in [1.29, 1.82) is 0 Å². The van der Waals surface area contributed by atoms with Crippen LogP contribution >= 0.6 is 0 Å². The Morgan fingerprint density at radius 2 is 1.74 bits per heavy atom. The maximum absolute atomic E-state index is 13.0. The van der Waals surface area contributed by atoms with Crippen LogP contribution in [-0.4, -0.2) is 39.2 Å². The molecule has 34 heavy (non-hydrogen) atoms. The Balaban J connectivity index is 1.43.